The highest BCUT2D eigenvalue weighted by Crippen LogP contribution is 2.35. The Kier molecular flexibility index (Phi) is 4.01. The number of nitrogens with zero attached hydrogens (tertiary/aromatic N) is 2. The second kappa shape index (κ2) is 5.54. The summed E-state index contributed by atoms with van der Waals surface area (Å²) in [6.45, 7) is 0.533. The van der Waals surface area contributed by atoms with E-state index in [1.807, 2.05) is 0 Å². The molecule has 4 nitrogen and oxygen atoms in total. The van der Waals surface area contributed by atoms with Crippen LogP contribution in [-0.4, -0.2) is 16.7 Å². The normalized spacial score (nSPS) is 11.6. The van der Waals surface area contributed by atoms with Crippen molar-refractivity contribution in [2.24, 2.45) is 5.73 Å². The Labute approximate surface area is 111 Å². The number of hydrogen-bond donors (Lipinski definition) is 1. The first kappa shape index (κ1) is 13.8. The molecule has 2 rings (SSSR count). The van der Waals surface area contributed by atoms with E-state index in [9.17, 15) is 13.2 Å². The molecule has 102 valence electrons. The van der Waals surface area contributed by atoms with Crippen LogP contribution in [0.4, 0.5) is 13.2 Å². The molecule has 0 atom stereocenters. The van der Waals surface area contributed by atoms with Crippen molar-refractivity contribution in [2.45, 2.75) is 12.6 Å². The van der Waals surface area contributed by atoms with E-state index in [0.29, 0.717) is 23.6 Å². The van der Waals surface area contributed by atoms with Crippen LogP contribution in [-0.2, 0) is 12.6 Å². The van der Waals surface area contributed by atoms with Crippen LogP contribution in [0.5, 0.6) is 10.9 Å². The van der Waals surface area contributed by atoms with Gasteiger partial charge in [-0.15, -0.1) is 5.10 Å². The molecule has 0 aliphatic heterocycles. The molecule has 0 aliphatic rings. The van der Waals surface area contributed by atoms with Gasteiger partial charge in [-0.3, -0.25) is 0 Å². The van der Waals surface area contributed by atoms with Crippen LogP contribution < -0.4 is 10.5 Å². The highest BCUT2D eigenvalue weighted by molar-refractivity contribution is 7.13. The molecular formula is C11H10F3N3OS. The fourth-order valence-corrected chi connectivity index (χ4v) is 1.94. The largest absolute Gasteiger partial charge is 0.445 e. The molecule has 0 spiro atoms. The Morgan fingerprint density at radius 2 is 1.84 bits per heavy atom. The van der Waals surface area contributed by atoms with Gasteiger partial charge in [0.2, 0.25) is 5.01 Å². The number of alkyl halides is 3. The van der Waals surface area contributed by atoms with Gasteiger partial charge in [-0.1, -0.05) is 28.6 Å². The molecule has 1 aromatic heterocycles. The Morgan fingerprint density at radius 3 is 2.37 bits per heavy atom. The zero-order chi connectivity index (χ0) is 13.9. The summed E-state index contributed by atoms with van der Waals surface area (Å²) in [6, 6.07) is 6.90. The molecule has 0 unspecified atom stereocenters. The summed E-state index contributed by atoms with van der Waals surface area (Å²) in [6.07, 6.45) is -3.76. The molecule has 0 amide bonds. The monoisotopic (exact) mass is 289 g/mol. The van der Waals surface area contributed by atoms with Crippen molar-refractivity contribution in [3.63, 3.8) is 0 Å². The number of rotatable bonds is 4. The van der Waals surface area contributed by atoms with E-state index in [1.165, 1.54) is 0 Å². The molecule has 8 heteroatoms. The summed E-state index contributed by atoms with van der Waals surface area (Å²) in [4.78, 5) is 0. The maximum absolute atomic E-state index is 12.3. The third-order valence-corrected chi connectivity index (χ3v) is 3.06. The van der Waals surface area contributed by atoms with Crippen molar-refractivity contribution >= 4 is 11.3 Å². The standard InChI is InChI=1S/C11H10F3N3OS/c12-11(13,14)9-16-17-10(19-9)18-8-3-1-7(2-4-8)5-6-15/h1-4H,5-6,15H2. The SMILES string of the molecule is NCCc1ccc(Oc2nnc(C(F)(F)F)s2)cc1. The van der Waals surface area contributed by atoms with E-state index in [-0.39, 0.29) is 5.19 Å². The number of benzene rings is 1. The molecule has 2 N–H and O–H groups in total. The van der Waals surface area contributed by atoms with Crippen LogP contribution in [0, 0.1) is 0 Å². The number of aromatic nitrogens is 2. The Balaban J connectivity index is 2.06. The first-order chi connectivity index (χ1) is 8.99. The van der Waals surface area contributed by atoms with Gasteiger partial charge in [-0.05, 0) is 30.7 Å². The maximum Gasteiger partial charge on any atom is 0.445 e. The predicted octanol–water partition coefficient (Wildman–Crippen LogP) is 2.85. The van der Waals surface area contributed by atoms with Crippen molar-refractivity contribution in [2.75, 3.05) is 6.54 Å². The number of nitrogens with two attached hydrogens (primary N) is 1. The molecule has 1 aromatic carbocycles. The van der Waals surface area contributed by atoms with Crippen LogP contribution in [0.2, 0.25) is 0 Å². The average Bonchev–Trinajstić information content (AvgIpc) is 2.80. The molecule has 0 saturated carbocycles. The molecule has 0 radical (unpaired) electrons. The molecule has 0 bridgehead atoms. The van der Waals surface area contributed by atoms with Crippen molar-refractivity contribution < 1.29 is 17.9 Å². The maximum atomic E-state index is 12.3. The molecule has 0 aliphatic carbocycles. The third-order valence-electron chi connectivity index (χ3n) is 2.21. The fourth-order valence-electron chi connectivity index (χ4n) is 1.36. The van der Waals surface area contributed by atoms with Gasteiger partial charge in [0, 0.05) is 0 Å². The van der Waals surface area contributed by atoms with E-state index in [4.69, 9.17) is 10.5 Å². The second-order valence-electron chi connectivity index (χ2n) is 3.66. The van der Waals surface area contributed by atoms with Crippen LogP contribution >= 0.6 is 11.3 Å². The summed E-state index contributed by atoms with van der Waals surface area (Å²) in [5, 5.41) is 5.21. The van der Waals surface area contributed by atoms with Gasteiger partial charge >= 0.3 is 6.18 Å². The lowest BCUT2D eigenvalue weighted by Gasteiger charge is -2.02. The molecule has 1 heterocycles. The second-order valence-corrected chi connectivity index (χ2v) is 4.60. The van der Waals surface area contributed by atoms with Crippen LogP contribution in [0.1, 0.15) is 10.6 Å². The lowest BCUT2D eigenvalue weighted by atomic mass is 10.1. The molecule has 2 aromatic rings. The molecule has 0 fully saturated rings. The Bertz CT molecular complexity index is 539. The van der Waals surface area contributed by atoms with Gasteiger partial charge in [0.05, 0.1) is 0 Å². The minimum Gasteiger partial charge on any atom is -0.430 e. The lowest BCUT2D eigenvalue weighted by Crippen LogP contribution is -2.03. The average molecular weight is 289 g/mol. The molecule has 0 saturated heterocycles. The van der Waals surface area contributed by atoms with Crippen LogP contribution in [0.25, 0.3) is 0 Å². The first-order valence-corrected chi connectivity index (χ1v) is 6.18. The first-order valence-electron chi connectivity index (χ1n) is 5.36. The van der Waals surface area contributed by atoms with Gasteiger partial charge < -0.3 is 10.5 Å². The third kappa shape index (κ3) is 3.65. The van der Waals surface area contributed by atoms with E-state index in [0.717, 1.165) is 12.0 Å². The highest BCUT2D eigenvalue weighted by atomic mass is 32.1. The zero-order valence-electron chi connectivity index (χ0n) is 9.65. The highest BCUT2D eigenvalue weighted by Gasteiger charge is 2.36. The lowest BCUT2D eigenvalue weighted by molar-refractivity contribution is -0.138. The summed E-state index contributed by atoms with van der Waals surface area (Å²) in [5.74, 6) is 0.408. The summed E-state index contributed by atoms with van der Waals surface area (Å²) in [7, 11) is 0. The minimum absolute atomic E-state index is 0.140. The van der Waals surface area contributed by atoms with E-state index in [1.54, 1.807) is 24.3 Å². The van der Waals surface area contributed by atoms with Gasteiger partial charge in [0.15, 0.2) is 0 Å². The minimum atomic E-state index is -4.50. The molecule has 19 heavy (non-hydrogen) atoms. The van der Waals surface area contributed by atoms with Crippen molar-refractivity contribution in [3.05, 3.63) is 34.8 Å². The Hall–Kier alpha value is -1.67. The van der Waals surface area contributed by atoms with E-state index >= 15 is 0 Å². The van der Waals surface area contributed by atoms with Crippen molar-refractivity contribution in [1.29, 1.82) is 0 Å². The van der Waals surface area contributed by atoms with E-state index < -0.39 is 11.2 Å². The quantitative estimate of drug-likeness (QED) is 0.940. The predicted molar refractivity (Wildman–Crippen MR) is 64.2 cm³/mol. The number of halogens is 3. The molecular weight excluding hydrogens is 279 g/mol. The van der Waals surface area contributed by atoms with Crippen LogP contribution in [0.15, 0.2) is 24.3 Å². The number of hydrogen-bond acceptors (Lipinski definition) is 5. The van der Waals surface area contributed by atoms with Crippen molar-refractivity contribution in [1.82, 2.24) is 10.2 Å². The van der Waals surface area contributed by atoms with E-state index in [2.05, 4.69) is 10.2 Å². The Morgan fingerprint density at radius 1 is 1.16 bits per heavy atom. The van der Waals surface area contributed by atoms with Crippen molar-refractivity contribution in [3.8, 4) is 10.9 Å². The van der Waals surface area contributed by atoms with Gasteiger partial charge in [-0.2, -0.15) is 13.2 Å². The summed E-state index contributed by atoms with van der Waals surface area (Å²) in [5.41, 5.74) is 6.44. The van der Waals surface area contributed by atoms with Gasteiger partial charge in [0.25, 0.3) is 5.19 Å². The summed E-state index contributed by atoms with van der Waals surface area (Å²) < 4.78 is 42.2. The van der Waals surface area contributed by atoms with Gasteiger partial charge in [-0.25, -0.2) is 0 Å². The smallest absolute Gasteiger partial charge is 0.430 e. The topological polar surface area (TPSA) is 61.0 Å². The number of ether oxygens (including phenoxy) is 1. The fraction of sp³-hybridized carbons (Fsp3) is 0.273. The van der Waals surface area contributed by atoms with Gasteiger partial charge in [0.1, 0.15) is 5.75 Å². The van der Waals surface area contributed by atoms with Crippen LogP contribution in [0.3, 0.4) is 0 Å². The zero-order valence-corrected chi connectivity index (χ0v) is 10.5. The summed E-state index contributed by atoms with van der Waals surface area (Å²) >= 11 is 0.360.